The van der Waals surface area contributed by atoms with Crippen LogP contribution in [0.2, 0.25) is 0 Å². The van der Waals surface area contributed by atoms with Gasteiger partial charge in [0.2, 0.25) is 6.10 Å². The minimum absolute atomic E-state index is 0.160. The average molecular weight is 391 g/mol. The molecule has 7 heteroatoms. The Labute approximate surface area is 149 Å². The number of hydrogen-bond donors (Lipinski definition) is 1. The first-order chi connectivity index (χ1) is 11.6. The molecular weight excluding hydrogens is 372 g/mol. The van der Waals surface area contributed by atoms with Crippen LogP contribution < -0.4 is 5.32 Å². The van der Waals surface area contributed by atoms with Gasteiger partial charge in [-0.15, -0.1) is 0 Å². The van der Waals surface area contributed by atoms with Crippen LogP contribution in [0.25, 0.3) is 0 Å². The van der Waals surface area contributed by atoms with Crippen molar-refractivity contribution in [3.63, 3.8) is 0 Å². The summed E-state index contributed by atoms with van der Waals surface area (Å²) in [6, 6.07) is 7.80. The lowest BCUT2D eigenvalue weighted by Crippen LogP contribution is -2.34. The van der Waals surface area contributed by atoms with Crippen molar-refractivity contribution in [2.75, 3.05) is 0 Å². The smallest absolute Gasteiger partial charge is 0.264 e. The van der Waals surface area contributed by atoms with E-state index in [1.54, 1.807) is 6.20 Å². The molecule has 0 saturated heterocycles. The molecule has 1 aromatic heterocycles. The first-order valence-corrected chi connectivity index (χ1v) is 8.65. The number of nitrogens with zero attached hydrogens (tertiary/aromatic N) is 3. The number of rotatable bonds is 5. The Balaban J connectivity index is 1.56. The van der Waals surface area contributed by atoms with Crippen molar-refractivity contribution in [2.45, 2.75) is 39.5 Å². The van der Waals surface area contributed by atoms with Crippen molar-refractivity contribution < 1.29 is 9.63 Å². The van der Waals surface area contributed by atoms with Crippen molar-refractivity contribution in [1.29, 1.82) is 0 Å². The van der Waals surface area contributed by atoms with Crippen LogP contribution in [0, 0.1) is 6.92 Å². The van der Waals surface area contributed by atoms with E-state index in [2.05, 4.69) is 31.5 Å². The number of amides is 1. The van der Waals surface area contributed by atoms with Crippen LogP contribution in [-0.4, -0.2) is 27.5 Å². The maximum atomic E-state index is 12.3. The quantitative estimate of drug-likeness (QED) is 0.853. The molecule has 0 aliphatic carbocycles. The molecule has 24 heavy (non-hydrogen) atoms. The van der Waals surface area contributed by atoms with Crippen molar-refractivity contribution in [3.8, 4) is 0 Å². The molecule has 0 fully saturated rings. The molecule has 1 atom stereocenters. The van der Waals surface area contributed by atoms with Gasteiger partial charge in [0.1, 0.15) is 0 Å². The minimum Gasteiger partial charge on any atom is -0.382 e. The van der Waals surface area contributed by atoms with E-state index in [9.17, 15) is 4.79 Å². The van der Waals surface area contributed by atoms with Crippen LogP contribution in [0.15, 0.2) is 40.1 Å². The predicted octanol–water partition coefficient (Wildman–Crippen LogP) is 2.78. The molecule has 1 aromatic carbocycles. The fraction of sp³-hybridized carbons (Fsp3) is 0.353. The van der Waals surface area contributed by atoms with Gasteiger partial charge < -0.3 is 10.2 Å². The Morgan fingerprint density at radius 1 is 1.50 bits per heavy atom. The number of aromatic nitrogens is 2. The minimum atomic E-state index is -0.583. The van der Waals surface area contributed by atoms with Crippen molar-refractivity contribution >= 4 is 27.5 Å². The fourth-order valence-electron chi connectivity index (χ4n) is 2.63. The number of hydrogen-bond acceptors (Lipinski definition) is 4. The molecule has 1 amide bonds. The molecule has 2 heterocycles. The fourth-order valence-corrected chi connectivity index (χ4v) is 3.03. The molecule has 1 aliphatic heterocycles. The second kappa shape index (κ2) is 7.17. The van der Waals surface area contributed by atoms with Crippen LogP contribution >= 0.6 is 15.9 Å². The normalized spacial score (nSPS) is 16.6. The molecule has 0 radical (unpaired) electrons. The van der Waals surface area contributed by atoms with Crippen molar-refractivity contribution in [1.82, 2.24) is 15.1 Å². The van der Waals surface area contributed by atoms with Crippen LogP contribution in [-0.2, 0) is 22.7 Å². The monoisotopic (exact) mass is 390 g/mol. The highest BCUT2D eigenvalue weighted by Crippen LogP contribution is 2.20. The molecule has 0 saturated carbocycles. The molecular formula is C17H19BrN4O2. The average Bonchev–Trinajstić information content (AvgIpc) is 3.20. The summed E-state index contributed by atoms with van der Waals surface area (Å²) in [5.41, 5.74) is 3.82. The first kappa shape index (κ1) is 16.7. The Kier molecular flexibility index (Phi) is 4.99. The number of nitrogens with one attached hydrogen (secondary N) is 1. The third-order valence-electron chi connectivity index (χ3n) is 4.08. The Bertz CT molecular complexity index is 785. The van der Waals surface area contributed by atoms with E-state index in [4.69, 9.17) is 4.84 Å². The number of halogens is 1. The lowest BCUT2D eigenvalue weighted by molar-refractivity contribution is -0.131. The van der Waals surface area contributed by atoms with E-state index in [0.717, 1.165) is 33.5 Å². The van der Waals surface area contributed by atoms with E-state index in [1.807, 2.05) is 42.8 Å². The van der Waals surface area contributed by atoms with Crippen molar-refractivity contribution in [2.24, 2.45) is 5.16 Å². The van der Waals surface area contributed by atoms with Gasteiger partial charge in [0, 0.05) is 40.8 Å². The Morgan fingerprint density at radius 3 is 3.04 bits per heavy atom. The molecule has 2 aromatic rings. The number of benzene rings is 1. The number of carbonyl (C=O) groups excluding carboxylic acids is 1. The molecule has 1 aliphatic rings. The number of carbonyl (C=O) groups is 1. The van der Waals surface area contributed by atoms with Gasteiger partial charge in [0.15, 0.2) is 0 Å². The van der Waals surface area contributed by atoms with Gasteiger partial charge in [-0.1, -0.05) is 33.2 Å². The van der Waals surface area contributed by atoms with Crippen LogP contribution in [0.4, 0.5) is 0 Å². The Hall–Kier alpha value is -2.15. The van der Waals surface area contributed by atoms with E-state index in [1.165, 1.54) is 0 Å². The van der Waals surface area contributed by atoms with Gasteiger partial charge in [-0.05, 0) is 26.0 Å². The second-order valence-corrected chi connectivity index (χ2v) is 6.55. The second-order valence-electron chi connectivity index (χ2n) is 5.64. The van der Waals surface area contributed by atoms with Gasteiger partial charge in [-0.2, -0.15) is 5.10 Å². The van der Waals surface area contributed by atoms with Gasteiger partial charge in [0.25, 0.3) is 5.91 Å². The molecule has 0 bridgehead atoms. The third kappa shape index (κ3) is 3.51. The van der Waals surface area contributed by atoms with Crippen LogP contribution in [0.1, 0.15) is 30.2 Å². The maximum Gasteiger partial charge on any atom is 0.264 e. The zero-order chi connectivity index (χ0) is 17.1. The summed E-state index contributed by atoms with van der Waals surface area (Å²) in [5, 5.41) is 11.2. The Morgan fingerprint density at radius 2 is 2.33 bits per heavy atom. The summed E-state index contributed by atoms with van der Waals surface area (Å²) >= 11 is 3.44. The summed E-state index contributed by atoms with van der Waals surface area (Å²) in [5.74, 6) is -0.160. The van der Waals surface area contributed by atoms with E-state index >= 15 is 0 Å². The first-order valence-electron chi connectivity index (χ1n) is 7.86. The molecule has 3 rings (SSSR count). The molecule has 1 unspecified atom stereocenters. The summed E-state index contributed by atoms with van der Waals surface area (Å²) in [4.78, 5) is 17.6. The largest absolute Gasteiger partial charge is 0.382 e. The molecule has 1 N–H and O–H groups in total. The van der Waals surface area contributed by atoms with Gasteiger partial charge in [-0.25, -0.2) is 0 Å². The summed E-state index contributed by atoms with van der Waals surface area (Å²) in [6.45, 7) is 5.29. The highest BCUT2D eigenvalue weighted by atomic mass is 79.9. The predicted molar refractivity (Wildman–Crippen MR) is 94.7 cm³/mol. The summed E-state index contributed by atoms with van der Waals surface area (Å²) in [6.07, 6.45) is 1.67. The lowest BCUT2D eigenvalue weighted by Gasteiger charge is -2.09. The standard InChI is InChI=1S/C17H19BrN4O2/c1-3-22-11(2)13(10-20-22)9-19-17(23)16-8-15(21-24-16)12-5-4-6-14(18)7-12/h4-7,10,16H,3,8-9H2,1-2H3,(H,19,23). The number of aryl methyl sites for hydroxylation is 1. The SMILES string of the molecule is CCn1ncc(CNC(=O)C2CC(c3cccc(Br)c3)=NO2)c1C. The van der Waals surface area contributed by atoms with E-state index < -0.39 is 6.10 Å². The summed E-state index contributed by atoms with van der Waals surface area (Å²) < 4.78 is 2.88. The van der Waals surface area contributed by atoms with Gasteiger partial charge >= 0.3 is 0 Å². The maximum absolute atomic E-state index is 12.3. The van der Waals surface area contributed by atoms with E-state index in [0.29, 0.717) is 13.0 Å². The molecule has 6 nitrogen and oxygen atoms in total. The van der Waals surface area contributed by atoms with Gasteiger partial charge in [-0.3, -0.25) is 9.48 Å². The highest BCUT2D eigenvalue weighted by Gasteiger charge is 2.28. The zero-order valence-electron chi connectivity index (χ0n) is 13.6. The number of oxime groups is 1. The van der Waals surface area contributed by atoms with Gasteiger partial charge in [0.05, 0.1) is 11.9 Å². The molecule has 0 spiro atoms. The van der Waals surface area contributed by atoms with E-state index in [-0.39, 0.29) is 5.91 Å². The third-order valence-corrected chi connectivity index (χ3v) is 4.57. The highest BCUT2D eigenvalue weighted by molar-refractivity contribution is 9.10. The van der Waals surface area contributed by atoms with Crippen molar-refractivity contribution in [3.05, 3.63) is 51.8 Å². The lowest BCUT2D eigenvalue weighted by atomic mass is 10.0. The molecule has 126 valence electrons. The topological polar surface area (TPSA) is 68.5 Å². The van der Waals surface area contributed by atoms with Crippen LogP contribution in [0.5, 0.6) is 0 Å². The summed E-state index contributed by atoms with van der Waals surface area (Å²) in [7, 11) is 0. The zero-order valence-corrected chi connectivity index (χ0v) is 15.2. The van der Waals surface area contributed by atoms with Crippen LogP contribution in [0.3, 0.4) is 0 Å².